The molecule has 0 spiro atoms. The fourth-order valence-electron chi connectivity index (χ4n) is 2.57. The Hall–Kier alpha value is -2.93. The van der Waals surface area contributed by atoms with Crippen LogP contribution in [0.3, 0.4) is 0 Å². The first-order chi connectivity index (χ1) is 14.2. The molecule has 0 saturated heterocycles. The molecule has 0 atom stereocenters. The number of pyridine rings is 2. The van der Waals surface area contributed by atoms with E-state index in [1.165, 1.54) is 23.9 Å². The number of amides is 1. The van der Waals surface area contributed by atoms with Crippen molar-refractivity contribution in [3.05, 3.63) is 83.4 Å². The first kappa shape index (κ1) is 20.8. The minimum Gasteiger partial charge on any atom is -0.477 e. The zero-order valence-corrected chi connectivity index (χ0v) is 16.9. The van der Waals surface area contributed by atoms with Crippen molar-refractivity contribution in [3.63, 3.8) is 0 Å². The number of aromatic nitrogens is 2. The second-order valence-corrected chi connectivity index (χ2v) is 7.23. The molecule has 29 heavy (non-hydrogen) atoms. The Morgan fingerprint density at radius 3 is 2.66 bits per heavy atom. The lowest BCUT2D eigenvalue weighted by Gasteiger charge is -2.12. The summed E-state index contributed by atoms with van der Waals surface area (Å²) in [4.78, 5) is 21.3. The largest absolute Gasteiger partial charge is 0.477 e. The fraction of sp³-hybridized carbons (Fsp3) is 0.227. The van der Waals surface area contributed by atoms with Gasteiger partial charge in [-0.1, -0.05) is 25.1 Å². The molecule has 0 radical (unpaired) electrons. The fourth-order valence-corrected chi connectivity index (χ4v) is 3.52. The number of halogens is 1. The third-order valence-corrected chi connectivity index (χ3v) is 5.11. The van der Waals surface area contributed by atoms with Crippen LogP contribution in [-0.2, 0) is 12.3 Å². The molecule has 150 valence electrons. The summed E-state index contributed by atoms with van der Waals surface area (Å²) in [7, 11) is 0. The van der Waals surface area contributed by atoms with E-state index in [0.717, 1.165) is 17.5 Å². The Labute approximate surface area is 173 Å². The zero-order valence-electron chi connectivity index (χ0n) is 16.1. The third-order valence-electron chi connectivity index (χ3n) is 4.04. The van der Waals surface area contributed by atoms with E-state index >= 15 is 0 Å². The van der Waals surface area contributed by atoms with Crippen molar-refractivity contribution in [1.82, 2.24) is 15.3 Å². The van der Waals surface area contributed by atoms with Gasteiger partial charge in [0.1, 0.15) is 10.8 Å². The van der Waals surface area contributed by atoms with E-state index in [-0.39, 0.29) is 11.7 Å². The number of nitrogens with one attached hydrogen (secondary N) is 1. The van der Waals surface area contributed by atoms with Gasteiger partial charge >= 0.3 is 0 Å². The maximum absolute atomic E-state index is 13.1. The van der Waals surface area contributed by atoms with Gasteiger partial charge in [0.2, 0.25) is 5.88 Å². The van der Waals surface area contributed by atoms with Crippen LogP contribution in [0.25, 0.3) is 0 Å². The molecule has 0 aliphatic rings. The van der Waals surface area contributed by atoms with Crippen molar-refractivity contribution >= 4 is 17.7 Å². The second kappa shape index (κ2) is 10.6. The average molecular weight is 412 g/mol. The zero-order chi connectivity index (χ0) is 20.5. The summed E-state index contributed by atoms with van der Waals surface area (Å²) in [6, 6.07) is 13.5. The van der Waals surface area contributed by atoms with E-state index < -0.39 is 0 Å². The molecule has 3 aromatic rings. The minimum atomic E-state index is -0.269. The van der Waals surface area contributed by atoms with Crippen LogP contribution in [0.5, 0.6) is 5.88 Å². The number of hydrogen-bond donors (Lipinski definition) is 1. The van der Waals surface area contributed by atoms with Gasteiger partial charge < -0.3 is 10.1 Å². The summed E-state index contributed by atoms with van der Waals surface area (Å²) in [5.41, 5.74) is 2.28. The Kier molecular flexibility index (Phi) is 7.58. The van der Waals surface area contributed by atoms with Gasteiger partial charge in [-0.2, -0.15) is 0 Å². The molecule has 0 aliphatic carbocycles. The van der Waals surface area contributed by atoms with Crippen molar-refractivity contribution < 1.29 is 13.9 Å². The van der Waals surface area contributed by atoms with Crippen LogP contribution >= 0.6 is 11.8 Å². The van der Waals surface area contributed by atoms with Crippen LogP contribution in [-0.4, -0.2) is 22.5 Å². The molecule has 0 fully saturated rings. The second-order valence-electron chi connectivity index (χ2n) is 6.27. The molecule has 5 nitrogen and oxygen atoms in total. The summed E-state index contributed by atoms with van der Waals surface area (Å²) in [6.45, 7) is 2.91. The molecule has 1 aromatic carbocycles. The Morgan fingerprint density at radius 1 is 1.10 bits per heavy atom. The van der Waals surface area contributed by atoms with Gasteiger partial charge in [-0.15, -0.1) is 11.8 Å². The first-order valence-electron chi connectivity index (χ1n) is 9.34. The number of nitrogens with zero attached hydrogens (tertiary/aromatic N) is 2. The van der Waals surface area contributed by atoms with Gasteiger partial charge in [-0.25, -0.2) is 14.4 Å². The predicted octanol–water partition coefficient (Wildman–Crippen LogP) is 4.63. The Morgan fingerprint density at radius 2 is 1.86 bits per heavy atom. The summed E-state index contributed by atoms with van der Waals surface area (Å²) in [6.07, 6.45) is 4.20. The molecule has 1 amide bonds. The lowest BCUT2D eigenvalue weighted by molar-refractivity contribution is 0.0947. The quantitative estimate of drug-likeness (QED) is 0.520. The van der Waals surface area contributed by atoms with Crippen LogP contribution in [0.4, 0.5) is 4.39 Å². The first-order valence-corrected chi connectivity index (χ1v) is 10.3. The maximum Gasteiger partial charge on any atom is 0.254 e. The highest BCUT2D eigenvalue weighted by Crippen LogP contribution is 2.24. The molecule has 7 heteroatoms. The number of hydrogen-bond acceptors (Lipinski definition) is 5. The van der Waals surface area contributed by atoms with E-state index in [1.807, 2.05) is 19.1 Å². The summed E-state index contributed by atoms with van der Waals surface area (Å²) < 4.78 is 18.7. The van der Waals surface area contributed by atoms with Gasteiger partial charge in [0.25, 0.3) is 5.91 Å². The highest BCUT2D eigenvalue weighted by molar-refractivity contribution is 7.98. The van der Waals surface area contributed by atoms with Crippen molar-refractivity contribution in [1.29, 1.82) is 0 Å². The molecular formula is C22H22FN3O2S. The van der Waals surface area contributed by atoms with Crippen LogP contribution in [0.15, 0.2) is 66.0 Å². The molecule has 1 N–H and O–H groups in total. The Bertz CT molecular complexity index is 951. The van der Waals surface area contributed by atoms with Gasteiger partial charge in [0, 0.05) is 30.3 Å². The maximum atomic E-state index is 13.1. The molecule has 2 aromatic heterocycles. The van der Waals surface area contributed by atoms with Crippen molar-refractivity contribution in [3.8, 4) is 5.88 Å². The molecular weight excluding hydrogens is 389 g/mol. The topological polar surface area (TPSA) is 64.1 Å². The number of benzene rings is 1. The number of carbonyl (C=O) groups is 1. The average Bonchev–Trinajstić information content (AvgIpc) is 2.76. The van der Waals surface area contributed by atoms with E-state index in [0.29, 0.717) is 35.4 Å². The van der Waals surface area contributed by atoms with Crippen LogP contribution in [0.1, 0.15) is 34.8 Å². The highest BCUT2D eigenvalue weighted by atomic mass is 32.2. The van der Waals surface area contributed by atoms with Crippen LogP contribution < -0.4 is 10.1 Å². The normalized spacial score (nSPS) is 10.6. The van der Waals surface area contributed by atoms with Gasteiger partial charge in [-0.05, 0) is 42.3 Å². The van der Waals surface area contributed by atoms with E-state index in [1.54, 1.807) is 36.7 Å². The van der Waals surface area contributed by atoms with Gasteiger partial charge in [-0.3, -0.25) is 4.79 Å². The number of thioether (sulfide) groups is 1. The summed E-state index contributed by atoms with van der Waals surface area (Å²) >= 11 is 1.44. The van der Waals surface area contributed by atoms with Crippen LogP contribution in [0, 0.1) is 5.82 Å². The lowest BCUT2D eigenvalue weighted by atomic mass is 10.2. The smallest absolute Gasteiger partial charge is 0.254 e. The molecule has 0 bridgehead atoms. The number of ether oxygens (including phenoxy) is 1. The van der Waals surface area contributed by atoms with Crippen molar-refractivity contribution in [2.24, 2.45) is 0 Å². The van der Waals surface area contributed by atoms with E-state index in [9.17, 15) is 9.18 Å². The molecule has 0 unspecified atom stereocenters. The number of carbonyl (C=O) groups excluding carboxylic acids is 1. The molecule has 0 saturated carbocycles. The number of rotatable bonds is 9. The SMILES string of the molecule is CCCOc1ncccc1CNC(=O)c1cccnc1SCc1ccc(F)cc1. The predicted molar refractivity (Wildman–Crippen MR) is 111 cm³/mol. The standard InChI is InChI=1S/C22H22FN3O2S/c1-2-13-28-21-17(5-3-11-24-21)14-26-20(27)19-6-4-12-25-22(19)29-15-16-7-9-18(23)10-8-16/h3-12H,2,13-15H2,1H3,(H,26,27). The van der Waals surface area contributed by atoms with Gasteiger partial charge in [0.15, 0.2) is 0 Å². The van der Waals surface area contributed by atoms with E-state index in [4.69, 9.17) is 4.74 Å². The summed E-state index contributed by atoms with van der Waals surface area (Å²) in [5.74, 6) is 0.640. The van der Waals surface area contributed by atoms with E-state index in [2.05, 4.69) is 15.3 Å². The monoisotopic (exact) mass is 411 g/mol. The third kappa shape index (κ3) is 6.02. The van der Waals surface area contributed by atoms with Crippen LogP contribution in [0.2, 0.25) is 0 Å². The summed E-state index contributed by atoms with van der Waals surface area (Å²) in [5, 5.41) is 3.54. The Balaban J connectivity index is 1.65. The van der Waals surface area contributed by atoms with Crippen molar-refractivity contribution in [2.45, 2.75) is 30.7 Å². The lowest BCUT2D eigenvalue weighted by Crippen LogP contribution is -2.24. The molecule has 0 aliphatic heterocycles. The molecule has 2 heterocycles. The minimum absolute atomic E-state index is 0.218. The van der Waals surface area contributed by atoms with Crippen molar-refractivity contribution in [2.75, 3.05) is 6.61 Å². The highest BCUT2D eigenvalue weighted by Gasteiger charge is 2.14. The molecule has 3 rings (SSSR count). The van der Waals surface area contributed by atoms with Gasteiger partial charge in [0.05, 0.1) is 12.2 Å².